The summed E-state index contributed by atoms with van der Waals surface area (Å²) in [6.45, 7) is 0. The summed E-state index contributed by atoms with van der Waals surface area (Å²) < 4.78 is 1.19. The molecule has 2 heterocycles. The van der Waals surface area contributed by atoms with Gasteiger partial charge in [0, 0.05) is 32.0 Å². The van der Waals surface area contributed by atoms with Crippen molar-refractivity contribution in [2.75, 3.05) is 5.32 Å². The summed E-state index contributed by atoms with van der Waals surface area (Å²) in [7, 11) is 1.55. The Bertz CT molecular complexity index is 678. The first-order chi connectivity index (χ1) is 11.0. The van der Waals surface area contributed by atoms with Crippen molar-refractivity contribution < 1.29 is 9.59 Å². The quantitative estimate of drug-likeness (QED) is 0.840. The molecule has 2 aliphatic rings. The van der Waals surface area contributed by atoms with Crippen LogP contribution < -0.4 is 10.9 Å². The highest BCUT2D eigenvalue weighted by atomic mass is 35.5. The zero-order valence-electron chi connectivity index (χ0n) is 12.9. The first-order valence-electron chi connectivity index (χ1n) is 7.80. The molecule has 1 aromatic rings. The van der Waals surface area contributed by atoms with E-state index in [9.17, 15) is 14.4 Å². The van der Waals surface area contributed by atoms with Crippen LogP contribution in [0, 0.1) is 0 Å². The molecule has 2 amide bonds. The lowest BCUT2D eigenvalue weighted by molar-refractivity contribution is -0.141. The number of amides is 2. The molecule has 1 aliphatic carbocycles. The lowest BCUT2D eigenvalue weighted by Crippen LogP contribution is -2.43. The predicted molar refractivity (Wildman–Crippen MR) is 85.2 cm³/mol. The zero-order chi connectivity index (χ0) is 16.6. The molecule has 1 saturated carbocycles. The smallest absolute Gasteiger partial charge is 0.287 e. The molecule has 8 heteroatoms. The molecule has 1 saturated heterocycles. The molecule has 1 N–H and O–H groups in total. The number of nitrogens with one attached hydrogen (secondary N) is 1. The first kappa shape index (κ1) is 16.0. The third kappa shape index (κ3) is 3.10. The van der Waals surface area contributed by atoms with E-state index in [1.807, 2.05) is 0 Å². The number of hydrogen-bond donors (Lipinski definition) is 1. The van der Waals surface area contributed by atoms with Gasteiger partial charge in [-0.15, -0.1) is 0 Å². The van der Waals surface area contributed by atoms with Gasteiger partial charge in [-0.2, -0.15) is 5.10 Å². The second-order valence-electron chi connectivity index (χ2n) is 6.11. The Hall–Kier alpha value is -1.89. The summed E-state index contributed by atoms with van der Waals surface area (Å²) >= 11 is 6.05. The number of halogens is 1. The highest BCUT2D eigenvalue weighted by Gasteiger charge is 2.36. The van der Waals surface area contributed by atoms with E-state index >= 15 is 0 Å². The molecule has 0 spiro atoms. The van der Waals surface area contributed by atoms with Gasteiger partial charge in [0.15, 0.2) is 0 Å². The Kier molecular flexibility index (Phi) is 4.39. The predicted octanol–water partition coefficient (Wildman–Crippen LogP) is 1.31. The normalized spacial score (nSPS) is 25.0. The molecule has 0 aromatic carbocycles. The number of carbonyl (C=O) groups excluding carboxylic acids is 2. The summed E-state index contributed by atoms with van der Waals surface area (Å²) in [5, 5.41) is 7.35. The first-order valence-corrected chi connectivity index (χ1v) is 8.18. The Morgan fingerprint density at radius 1 is 1.13 bits per heavy atom. The van der Waals surface area contributed by atoms with Gasteiger partial charge in [-0.3, -0.25) is 19.3 Å². The summed E-state index contributed by atoms with van der Waals surface area (Å²) in [4.78, 5) is 36.8. The van der Waals surface area contributed by atoms with Gasteiger partial charge in [0.2, 0.25) is 11.8 Å². The van der Waals surface area contributed by atoms with Crippen molar-refractivity contribution >= 4 is 29.1 Å². The van der Waals surface area contributed by atoms with Crippen LogP contribution in [0.3, 0.4) is 0 Å². The highest BCUT2D eigenvalue weighted by molar-refractivity contribution is 6.32. The monoisotopic (exact) mass is 338 g/mol. The Morgan fingerprint density at radius 2 is 1.74 bits per heavy atom. The Balaban J connectivity index is 1.62. The number of anilines is 1. The van der Waals surface area contributed by atoms with Gasteiger partial charge >= 0.3 is 0 Å². The minimum atomic E-state index is -0.335. The molecule has 3 rings (SSSR count). The van der Waals surface area contributed by atoms with Crippen molar-refractivity contribution in [2.24, 2.45) is 7.05 Å². The standard InChI is InChI=1S/C15H19ClN4O3/c1-19-15(23)14(16)11(8-17-19)18-9-2-4-10(5-3-9)20-12(21)6-7-13(20)22/h8-10,18H,2-7H2,1H3. The van der Waals surface area contributed by atoms with Crippen LogP contribution in [0.25, 0.3) is 0 Å². The average Bonchev–Trinajstić information content (AvgIpc) is 2.88. The van der Waals surface area contributed by atoms with E-state index in [4.69, 9.17) is 11.6 Å². The van der Waals surface area contributed by atoms with Crippen LogP contribution in [0.2, 0.25) is 5.02 Å². The van der Waals surface area contributed by atoms with Gasteiger partial charge in [-0.25, -0.2) is 4.68 Å². The van der Waals surface area contributed by atoms with E-state index in [0.29, 0.717) is 18.5 Å². The van der Waals surface area contributed by atoms with E-state index in [1.54, 1.807) is 13.2 Å². The fourth-order valence-corrected chi connectivity index (χ4v) is 3.54. The minimum Gasteiger partial charge on any atom is -0.380 e. The van der Waals surface area contributed by atoms with E-state index in [2.05, 4.69) is 10.4 Å². The number of likely N-dealkylation sites (tertiary alicyclic amines) is 1. The van der Waals surface area contributed by atoms with E-state index < -0.39 is 0 Å². The Labute approximate surface area is 138 Å². The largest absolute Gasteiger partial charge is 0.380 e. The molecule has 0 bridgehead atoms. The number of nitrogens with zero attached hydrogens (tertiary/aromatic N) is 3. The molecule has 7 nitrogen and oxygen atoms in total. The maximum absolute atomic E-state index is 11.8. The topological polar surface area (TPSA) is 84.3 Å². The van der Waals surface area contributed by atoms with Gasteiger partial charge in [-0.1, -0.05) is 11.6 Å². The van der Waals surface area contributed by atoms with Crippen LogP contribution in [-0.4, -0.2) is 38.6 Å². The van der Waals surface area contributed by atoms with Crippen molar-refractivity contribution in [2.45, 2.75) is 50.6 Å². The van der Waals surface area contributed by atoms with Gasteiger partial charge in [0.05, 0.1) is 11.9 Å². The van der Waals surface area contributed by atoms with Crippen molar-refractivity contribution in [1.82, 2.24) is 14.7 Å². The van der Waals surface area contributed by atoms with Gasteiger partial charge < -0.3 is 5.32 Å². The second kappa shape index (κ2) is 6.31. The number of aryl methyl sites for hydroxylation is 1. The average molecular weight is 339 g/mol. The van der Waals surface area contributed by atoms with Crippen molar-refractivity contribution in [3.63, 3.8) is 0 Å². The summed E-state index contributed by atoms with van der Waals surface area (Å²) in [5.41, 5.74) is 0.199. The SMILES string of the molecule is Cn1ncc(NC2CCC(N3C(=O)CCC3=O)CC2)c(Cl)c1=O. The summed E-state index contributed by atoms with van der Waals surface area (Å²) in [5.74, 6) is -0.101. The molecule has 0 radical (unpaired) electrons. The van der Waals surface area contributed by atoms with Crippen LogP contribution in [0.1, 0.15) is 38.5 Å². The maximum Gasteiger partial charge on any atom is 0.287 e. The van der Waals surface area contributed by atoms with Crippen LogP contribution in [0.4, 0.5) is 5.69 Å². The molecule has 1 aliphatic heterocycles. The summed E-state index contributed by atoms with van der Waals surface area (Å²) in [6, 6.07) is 0.165. The number of rotatable bonds is 3. The molecule has 0 unspecified atom stereocenters. The van der Waals surface area contributed by atoms with E-state index in [1.165, 1.54) is 9.58 Å². The minimum absolute atomic E-state index is 0.00721. The molecular formula is C15H19ClN4O3. The lowest BCUT2D eigenvalue weighted by Gasteiger charge is -2.34. The van der Waals surface area contributed by atoms with Crippen molar-refractivity contribution in [1.29, 1.82) is 0 Å². The second-order valence-corrected chi connectivity index (χ2v) is 6.49. The molecular weight excluding hydrogens is 320 g/mol. The number of aromatic nitrogens is 2. The van der Waals surface area contributed by atoms with Gasteiger partial charge in [-0.05, 0) is 25.7 Å². The van der Waals surface area contributed by atoms with Crippen LogP contribution in [0.5, 0.6) is 0 Å². The van der Waals surface area contributed by atoms with E-state index in [-0.39, 0.29) is 34.5 Å². The molecule has 2 fully saturated rings. The molecule has 1 aromatic heterocycles. The number of carbonyl (C=O) groups is 2. The molecule has 23 heavy (non-hydrogen) atoms. The molecule has 0 atom stereocenters. The third-order valence-electron chi connectivity index (χ3n) is 4.59. The number of hydrogen-bond acceptors (Lipinski definition) is 5. The third-order valence-corrected chi connectivity index (χ3v) is 4.96. The highest BCUT2D eigenvalue weighted by Crippen LogP contribution is 2.29. The van der Waals surface area contributed by atoms with Crippen LogP contribution in [-0.2, 0) is 16.6 Å². The lowest BCUT2D eigenvalue weighted by atomic mass is 9.90. The fraction of sp³-hybridized carbons (Fsp3) is 0.600. The van der Waals surface area contributed by atoms with E-state index in [0.717, 1.165) is 25.7 Å². The van der Waals surface area contributed by atoms with Crippen LogP contribution in [0.15, 0.2) is 11.0 Å². The van der Waals surface area contributed by atoms with Gasteiger partial charge in [0.25, 0.3) is 5.56 Å². The summed E-state index contributed by atoms with van der Waals surface area (Å²) in [6.07, 6.45) is 5.39. The molecule has 124 valence electrons. The van der Waals surface area contributed by atoms with Crippen molar-refractivity contribution in [3.8, 4) is 0 Å². The maximum atomic E-state index is 11.8. The van der Waals surface area contributed by atoms with Crippen molar-refractivity contribution in [3.05, 3.63) is 21.6 Å². The zero-order valence-corrected chi connectivity index (χ0v) is 13.7. The van der Waals surface area contributed by atoms with Crippen LogP contribution >= 0.6 is 11.6 Å². The fourth-order valence-electron chi connectivity index (χ4n) is 3.31. The number of imide groups is 1. The van der Waals surface area contributed by atoms with Gasteiger partial charge in [0.1, 0.15) is 5.02 Å². The Morgan fingerprint density at radius 3 is 2.35 bits per heavy atom.